The highest BCUT2D eigenvalue weighted by Crippen LogP contribution is 2.22. The molecule has 4 heteroatoms. The third kappa shape index (κ3) is 4.31. The van der Waals surface area contributed by atoms with E-state index in [1.807, 2.05) is 44.2 Å². The van der Waals surface area contributed by atoms with Crippen LogP contribution in [0.4, 0.5) is 0 Å². The maximum atomic E-state index is 12.4. The van der Waals surface area contributed by atoms with Crippen molar-refractivity contribution in [1.82, 2.24) is 10.6 Å². The van der Waals surface area contributed by atoms with Crippen LogP contribution >= 0.6 is 0 Å². The summed E-state index contributed by atoms with van der Waals surface area (Å²) in [6.07, 6.45) is 4.24. The van der Waals surface area contributed by atoms with Crippen LogP contribution in [0.3, 0.4) is 0 Å². The smallest absolute Gasteiger partial charge is 0.251 e. The second kappa shape index (κ2) is 8.17. The number of benzene rings is 2. The lowest BCUT2D eigenvalue weighted by molar-refractivity contribution is 0.0936. The van der Waals surface area contributed by atoms with Crippen molar-refractivity contribution >= 4 is 11.8 Å². The van der Waals surface area contributed by atoms with E-state index in [1.54, 1.807) is 6.07 Å². The van der Waals surface area contributed by atoms with Crippen molar-refractivity contribution in [2.75, 3.05) is 0 Å². The zero-order valence-electron chi connectivity index (χ0n) is 15.5. The van der Waals surface area contributed by atoms with Gasteiger partial charge in [0.1, 0.15) is 0 Å². The molecule has 1 atom stereocenters. The SMILES string of the molecule is CCC(C)NC(=O)c1cccc(CNC(=O)c2ccc3c(c2)CCC3)c1. The van der Waals surface area contributed by atoms with Crippen molar-refractivity contribution in [1.29, 1.82) is 0 Å². The topological polar surface area (TPSA) is 58.2 Å². The first-order chi connectivity index (χ1) is 12.6. The van der Waals surface area contributed by atoms with E-state index in [2.05, 4.69) is 16.7 Å². The normalized spacial score (nSPS) is 13.8. The molecule has 136 valence electrons. The largest absolute Gasteiger partial charge is 0.350 e. The summed E-state index contributed by atoms with van der Waals surface area (Å²) in [6, 6.07) is 13.5. The molecule has 2 aromatic rings. The quantitative estimate of drug-likeness (QED) is 0.836. The van der Waals surface area contributed by atoms with Crippen molar-refractivity contribution in [3.63, 3.8) is 0 Å². The molecule has 26 heavy (non-hydrogen) atoms. The fourth-order valence-electron chi connectivity index (χ4n) is 3.23. The Bertz CT molecular complexity index is 814. The lowest BCUT2D eigenvalue weighted by Crippen LogP contribution is -2.32. The molecule has 2 aromatic carbocycles. The van der Waals surface area contributed by atoms with Crippen LogP contribution < -0.4 is 10.6 Å². The molecule has 0 saturated heterocycles. The van der Waals surface area contributed by atoms with E-state index in [1.165, 1.54) is 17.5 Å². The summed E-state index contributed by atoms with van der Waals surface area (Å²) in [5.41, 5.74) is 4.89. The van der Waals surface area contributed by atoms with Crippen LogP contribution in [0.15, 0.2) is 42.5 Å². The van der Waals surface area contributed by atoms with Crippen molar-refractivity contribution in [2.45, 2.75) is 52.1 Å². The number of nitrogens with one attached hydrogen (secondary N) is 2. The van der Waals surface area contributed by atoms with Crippen LogP contribution in [0.2, 0.25) is 0 Å². The van der Waals surface area contributed by atoms with E-state index < -0.39 is 0 Å². The third-order valence-electron chi connectivity index (χ3n) is 4.99. The minimum Gasteiger partial charge on any atom is -0.350 e. The summed E-state index contributed by atoms with van der Waals surface area (Å²) in [7, 11) is 0. The van der Waals surface area contributed by atoms with Gasteiger partial charge >= 0.3 is 0 Å². The standard InChI is InChI=1S/C22H26N2O2/c1-3-15(2)24-22(26)19-9-4-6-16(12-19)14-23-21(25)20-11-10-17-7-5-8-18(17)13-20/h4,6,9-13,15H,3,5,7-8,14H2,1-2H3,(H,23,25)(H,24,26). The highest BCUT2D eigenvalue weighted by Gasteiger charge is 2.14. The number of hydrogen-bond donors (Lipinski definition) is 2. The Morgan fingerprint density at radius 3 is 2.58 bits per heavy atom. The van der Waals surface area contributed by atoms with E-state index in [0.717, 1.165) is 24.8 Å². The lowest BCUT2D eigenvalue weighted by atomic mass is 10.1. The molecular formula is C22H26N2O2. The van der Waals surface area contributed by atoms with Crippen molar-refractivity contribution in [3.05, 3.63) is 70.3 Å². The summed E-state index contributed by atoms with van der Waals surface area (Å²) in [5.74, 6) is -0.152. The van der Waals surface area contributed by atoms with Crippen molar-refractivity contribution < 1.29 is 9.59 Å². The van der Waals surface area contributed by atoms with Gasteiger partial charge in [-0.2, -0.15) is 0 Å². The van der Waals surface area contributed by atoms with Crippen LogP contribution in [0.1, 0.15) is 64.1 Å². The lowest BCUT2D eigenvalue weighted by Gasteiger charge is -2.12. The minimum absolute atomic E-state index is 0.0749. The van der Waals surface area contributed by atoms with Gasteiger partial charge in [0.05, 0.1) is 0 Å². The maximum Gasteiger partial charge on any atom is 0.251 e. The highest BCUT2D eigenvalue weighted by molar-refractivity contribution is 5.95. The number of fused-ring (bicyclic) bond motifs is 1. The van der Waals surface area contributed by atoms with Crippen molar-refractivity contribution in [2.24, 2.45) is 0 Å². The van der Waals surface area contributed by atoms with E-state index in [0.29, 0.717) is 17.7 Å². The molecule has 0 aromatic heterocycles. The van der Waals surface area contributed by atoms with E-state index in [9.17, 15) is 9.59 Å². The molecule has 2 amide bonds. The molecule has 0 bridgehead atoms. The molecule has 0 heterocycles. The number of rotatable bonds is 6. The van der Waals surface area contributed by atoms with Gasteiger partial charge in [-0.25, -0.2) is 0 Å². The first-order valence-electron chi connectivity index (χ1n) is 9.36. The molecule has 3 rings (SSSR count). The van der Waals surface area contributed by atoms with Gasteiger partial charge in [0.15, 0.2) is 0 Å². The maximum absolute atomic E-state index is 12.4. The minimum atomic E-state index is -0.0776. The van der Waals surface area contributed by atoms with Crippen molar-refractivity contribution in [3.8, 4) is 0 Å². The molecule has 1 unspecified atom stereocenters. The fraction of sp³-hybridized carbons (Fsp3) is 0.364. The molecule has 1 aliphatic rings. The highest BCUT2D eigenvalue weighted by atomic mass is 16.2. The van der Waals surface area contributed by atoms with Crippen LogP contribution in [0.25, 0.3) is 0 Å². The predicted octanol–water partition coefficient (Wildman–Crippen LogP) is 3.63. The van der Waals surface area contributed by atoms with Crippen LogP contribution in [0.5, 0.6) is 0 Å². The zero-order chi connectivity index (χ0) is 18.5. The Labute approximate surface area is 155 Å². The summed E-state index contributed by atoms with van der Waals surface area (Å²) >= 11 is 0. The van der Waals surface area contributed by atoms with Gasteiger partial charge in [0.25, 0.3) is 11.8 Å². The molecule has 0 radical (unpaired) electrons. The molecule has 1 aliphatic carbocycles. The average Bonchev–Trinajstić information content (AvgIpc) is 3.13. The Hall–Kier alpha value is -2.62. The summed E-state index contributed by atoms with van der Waals surface area (Å²) in [4.78, 5) is 24.7. The summed E-state index contributed by atoms with van der Waals surface area (Å²) in [5, 5.41) is 5.92. The zero-order valence-corrected chi connectivity index (χ0v) is 15.5. The molecule has 0 aliphatic heterocycles. The van der Waals surface area contributed by atoms with Gasteiger partial charge in [-0.15, -0.1) is 0 Å². The van der Waals surface area contributed by atoms with E-state index >= 15 is 0 Å². The van der Waals surface area contributed by atoms with Gasteiger partial charge in [0.2, 0.25) is 0 Å². The monoisotopic (exact) mass is 350 g/mol. The van der Waals surface area contributed by atoms with Crippen LogP contribution in [-0.2, 0) is 19.4 Å². The Kier molecular flexibility index (Phi) is 5.71. The van der Waals surface area contributed by atoms with E-state index in [-0.39, 0.29) is 17.9 Å². The van der Waals surface area contributed by atoms with Gasteiger partial charge in [-0.1, -0.05) is 25.1 Å². The molecular weight excluding hydrogens is 324 g/mol. The third-order valence-corrected chi connectivity index (χ3v) is 4.99. The molecule has 0 spiro atoms. The first kappa shape index (κ1) is 18.2. The summed E-state index contributed by atoms with van der Waals surface area (Å²) < 4.78 is 0. The van der Waals surface area contributed by atoms with Crippen LogP contribution in [-0.4, -0.2) is 17.9 Å². The fourth-order valence-corrected chi connectivity index (χ4v) is 3.23. The average molecular weight is 350 g/mol. The number of hydrogen-bond acceptors (Lipinski definition) is 2. The number of amides is 2. The van der Waals surface area contributed by atoms with Crippen LogP contribution in [0, 0.1) is 0 Å². The molecule has 0 saturated carbocycles. The Morgan fingerprint density at radius 2 is 1.77 bits per heavy atom. The molecule has 0 fully saturated rings. The molecule has 2 N–H and O–H groups in total. The second-order valence-electron chi connectivity index (χ2n) is 7.00. The Balaban J connectivity index is 1.61. The number of aryl methyl sites for hydroxylation is 2. The van der Waals surface area contributed by atoms with Gasteiger partial charge in [-0.05, 0) is 73.6 Å². The second-order valence-corrected chi connectivity index (χ2v) is 7.00. The van der Waals surface area contributed by atoms with Gasteiger partial charge in [-0.3, -0.25) is 9.59 Å². The Morgan fingerprint density at radius 1 is 1.00 bits per heavy atom. The number of carbonyl (C=O) groups is 2. The van der Waals surface area contributed by atoms with Gasteiger partial charge in [0, 0.05) is 23.7 Å². The molecule has 4 nitrogen and oxygen atoms in total. The first-order valence-corrected chi connectivity index (χ1v) is 9.36. The van der Waals surface area contributed by atoms with Gasteiger partial charge < -0.3 is 10.6 Å². The predicted molar refractivity (Wildman–Crippen MR) is 103 cm³/mol. The van der Waals surface area contributed by atoms with E-state index in [4.69, 9.17) is 0 Å². The summed E-state index contributed by atoms with van der Waals surface area (Å²) in [6.45, 7) is 4.43. The number of carbonyl (C=O) groups excluding carboxylic acids is 2.